The number of nitrogens with zero attached hydrogens (tertiary/aromatic N) is 1. The van der Waals surface area contributed by atoms with Crippen LogP contribution < -0.4 is 16.0 Å². The monoisotopic (exact) mass is 389 g/mol. The van der Waals surface area contributed by atoms with Crippen molar-refractivity contribution in [1.82, 2.24) is 0 Å². The molecular weight excluding hydrogens is 370 g/mol. The van der Waals surface area contributed by atoms with Crippen LogP contribution in [-0.2, 0) is 4.79 Å². The van der Waals surface area contributed by atoms with Crippen LogP contribution in [0.15, 0.2) is 82.6 Å². The lowest BCUT2D eigenvalue weighted by molar-refractivity contribution is -0.116. The van der Waals surface area contributed by atoms with Crippen LogP contribution in [0.2, 0.25) is 0 Å². The molecule has 0 atom stereocenters. The van der Waals surface area contributed by atoms with E-state index in [1.807, 2.05) is 24.3 Å². The molecule has 5 nitrogen and oxygen atoms in total. The lowest BCUT2D eigenvalue weighted by atomic mass is 10.2. The Hall–Kier alpha value is -3.25. The van der Waals surface area contributed by atoms with Crippen molar-refractivity contribution < 1.29 is 9.59 Å². The van der Waals surface area contributed by atoms with E-state index < -0.39 is 5.91 Å². The number of carbonyl (C=O) groups is 2. The van der Waals surface area contributed by atoms with Crippen LogP contribution in [0.4, 0.5) is 17.1 Å². The van der Waals surface area contributed by atoms with Crippen molar-refractivity contribution in [2.75, 3.05) is 16.8 Å². The van der Waals surface area contributed by atoms with Gasteiger partial charge in [0.1, 0.15) is 0 Å². The Balaban J connectivity index is 1.47. The molecule has 0 saturated carbocycles. The molecule has 0 fully saturated rings. The van der Waals surface area contributed by atoms with Gasteiger partial charge < -0.3 is 16.0 Å². The number of primary amides is 1. The Bertz CT molecular complexity index is 988. The number of hydrogen-bond acceptors (Lipinski definition) is 4. The number of nitrogens with one attached hydrogen (secondary N) is 1. The maximum Gasteiger partial charge on any atom is 0.248 e. The van der Waals surface area contributed by atoms with Crippen LogP contribution in [0.3, 0.4) is 0 Å². The summed E-state index contributed by atoms with van der Waals surface area (Å²) in [6.07, 6.45) is 0.338. The number of rotatable bonds is 5. The van der Waals surface area contributed by atoms with E-state index in [2.05, 4.69) is 34.5 Å². The lowest BCUT2D eigenvalue weighted by Crippen LogP contribution is -2.25. The molecule has 0 saturated heterocycles. The van der Waals surface area contributed by atoms with Gasteiger partial charge in [0.05, 0.1) is 11.4 Å². The van der Waals surface area contributed by atoms with Gasteiger partial charge in [-0.15, -0.1) is 0 Å². The first-order valence-electron chi connectivity index (χ1n) is 8.95. The second kappa shape index (κ2) is 7.78. The number of amides is 2. The minimum atomic E-state index is -0.488. The van der Waals surface area contributed by atoms with Crippen molar-refractivity contribution in [2.24, 2.45) is 5.73 Å². The Morgan fingerprint density at radius 2 is 1.43 bits per heavy atom. The number of carbonyl (C=O) groups excluding carboxylic acids is 2. The molecule has 28 heavy (non-hydrogen) atoms. The summed E-state index contributed by atoms with van der Waals surface area (Å²) in [6.45, 7) is 0.569. The van der Waals surface area contributed by atoms with E-state index in [0.29, 0.717) is 24.2 Å². The van der Waals surface area contributed by atoms with Crippen LogP contribution in [0.1, 0.15) is 16.8 Å². The van der Waals surface area contributed by atoms with Gasteiger partial charge in [0.2, 0.25) is 11.8 Å². The summed E-state index contributed by atoms with van der Waals surface area (Å²) < 4.78 is 0. The molecule has 3 aromatic carbocycles. The highest BCUT2D eigenvalue weighted by molar-refractivity contribution is 7.99. The zero-order valence-corrected chi connectivity index (χ0v) is 15.9. The van der Waals surface area contributed by atoms with E-state index in [0.717, 1.165) is 11.4 Å². The molecule has 3 N–H and O–H groups in total. The summed E-state index contributed by atoms with van der Waals surface area (Å²) >= 11 is 1.75. The fourth-order valence-electron chi connectivity index (χ4n) is 3.18. The van der Waals surface area contributed by atoms with Gasteiger partial charge in [-0.25, -0.2) is 0 Å². The van der Waals surface area contributed by atoms with Gasteiger partial charge in [-0.3, -0.25) is 9.59 Å². The van der Waals surface area contributed by atoms with E-state index in [1.165, 1.54) is 9.79 Å². The average Bonchev–Trinajstić information content (AvgIpc) is 2.71. The van der Waals surface area contributed by atoms with Crippen LogP contribution in [-0.4, -0.2) is 18.4 Å². The third-order valence-corrected chi connectivity index (χ3v) is 5.68. The van der Waals surface area contributed by atoms with E-state index in [9.17, 15) is 9.59 Å². The smallest absolute Gasteiger partial charge is 0.248 e. The van der Waals surface area contributed by atoms with Gasteiger partial charge in [0, 0.05) is 34.0 Å². The topological polar surface area (TPSA) is 75.4 Å². The zero-order chi connectivity index (χ0) is 19.5. The summed E-state index contributed by atoms with van der Waals surface area (Å²) in [5.41, 5.74) is 8.53. The van der Waals surface area contributed by atoms with Crippen LogP contribution in [0.5, 0.6) is 0 Å². The van der Waals surface area contributed by atoms with Gasteiger partial charge in [-0.05, 0) is 48.5 Å². The fraction of sp³-hybridized carbons (Fsp3) is 0.0909. The second-order valence-electron chi connectivity index (χ2n) is 6.43. The quantitative estimate of drug-likeness (QED) is 0.677. The molecule has 0 aliphatic carbocycles. The predicted octanol–water partition coefficient (Wildman–Crippen LogP) is 4.42. The van der Waals surface area contributed by atoms with Gasteiger partial charge in [-0.2, -0.15) is 0 Å². The molecule has 0 unspecified atom stereocenters. The molecule has 1 aliphatic rings. The molecule has 0 spiro atoms. The maximum atomic E-state index is 12.5. The first kappa shape index (κ1) is 18.1. The Kier molecular flexibility index (Phi) is 5.04. The highest BCUT2D eigenvalue weighted by Crippen LogP contribution is 2.47. The van der Waals surface area contributed by atoms with Crippen LogP contribution in [0, 0.1) is 0 Å². The van der Waals surface area contributed by atoms with Gasteiger partial charge in [0.15, 0.2) is 0 Å². The number of fused-ring (bicyclic) bond motifs is 2. The molecule has 3 aromatic rings. The number of anilines is 3. The summed E-state index contributed by atoms with van der Waals surface area (Å²) in [5, 5.41) is 2.87. The molecule has 6 heteroatoms. The van der Waals surface area contributed by atoms with Crippen molar-refractivity contribution in [1.29, 1.82) is 0 Å². The standard InChI is InChI=1S/C22H19N3O2S/c23-22(27)15-9-11-16(12-10-15)24-21(26)13-14-25-17-5-1-3-7-19(17)28-20-8-4-2-6-18(20)25/h1-12H,13-14H2,(H2,23,27)(H,24,26). The summed E-state index contributed by atoms with van der Waals surface area (Å²) in [4.78, 5) is 28.2. The third-order valence-electron chi connectivity index (χ3n) is 4.55. The molecule has 1 aliphatic heterocycles. The number of benzene rings is 3. The number of para-hydroxylation sites is 2. The Labute approximate surface area is 167 Å². The van der Waals surface area contributed by atoms with Crippen LogP contribution >= 0.6 is 11.8 Å². The molecule has 2 amide bonds. The van der Waals surface area contributed by atoms with Gasteiger partial charge in [-0.1, -0.05) is 36.0 Å². The van der Waals surface area contributed by atoms with Crippen LogP contribution in [0.25, 0.3) is 0 Å². The minimum Gasteiger partial charge on any atom is -0.366 e. The van der Waals surface area contributed by atoms with E-state index in [1.54, 1.807) is 36.0 Å². The average molecular weight is 389 g/mol. The second-order valence-corrected chi connectivity index (χ2v) is 7.51. The van der Waals surface area contributed by atoms with E-state index in [-0.39, 0.29) is 5.91 Å². The molecular formula is C22H19N3O2S. The number of nitrogens with two attached hydrogens (primary N) is 1. The molecule has 140 valence electrons. The zero-order valence-electron chi connectivity index (χ0n) is 15.1. The van der Waals surface area contributed by atoms with Crippen molar-refractivity contribution in [3.8, 4) is 0 Å². The molecule has 0 radical (unpaired) electrons. The SMILES string of the molecule is NC(=O)c1ccc(NC(=O)CCN2c3ccccc3Sc3ccccc32)cc1. The van der Waals surface area contributed by atoms with Crippen molar-refractivity contribution in [3.05, 3.63) is 78.4 Å². The molecule has 4 rings (SSSR count). The maximum absolute atomic E-state index is 12.5. The van der Waals surface area contributed by atoms with E-state index >= 15 is 0 Å². The summed E-state index contributed by atoms with van der Waals surface area (Å²) in [5.74, 6) is -0.571. The number of hydrogen-bond donors (Lipinski definition) is 2. The van der Waals surface area contributed by atoms with Gasteiger partial charge >= 0.3 is 0 Å². The highest BCUT2D eigenvalue weighted by atomic mass is 32.2. The first-order chi connectivity index (χ1) is 13.6. The van der Waals surface area contributed by atoms with Crippen molar-refractivity contribution in [2.45, 2.75) is 16.2 Å². The third kappa shape index (κ3) is 3.73. The largest absolute Gasteiger partial charge is 0.366 e. The first-order valence-corrected chi connectivity index (χ1v) is 9.76. The molecule has 0 bridgehead atoms. The Morgan fingerprint density at radius 1 is 0.857 bits per heavy atom. The van der Waals surface area contributed by atoms with Crippen molar-refractivity contribution in [3.63, 3.8) is 0 Å². The molecule has 1 heterocycles. The van der Waals surface area contributed by atoms with E-state index in [4.69, 9.17) is 5.73 Å². The summed E-state index contributed by atoms with van der Waals surface area (Å²) in [6, 6.07) is 23.0. The molecule has 0 aromatic heterocycles. The highest BCUT2D eigenvalue weighted by Gasteiger charge is 2.23. The van der Waals surface area contributed by atoms with Gasteiger partial charge in [0.25, 0.3) is 0 Å². The fourth-order valence-corrected chi connectivity index (χ4v) is 4.27. The summed E-state index contributed by atoms with van der Waals surface area (Å²) in [7, 11) is 0. The lowest BCUT2D eigenvalue weighted by Gasteiger charge is -2.32. The Morgan fingerprint density at radius 3 is 2.00 bits per heavy atom. The minimum absolute atomic E-state index is 0.0833. The predicted molar refractivity (Wildman–Crippen MR) is 112 cm³/mol. The normalized spacial score (nSPS) is 12.1. The van der Waals surface area contributed by atoms with Crippen molar-refractivity contribution >= 4 is 40.6 Å².